The lowest BCUT2D eigenvalue weighted by Gasteiger charge is -2.23. The predicted octanol–water partition coefficient (Wildman–Crippen LogP) is 2.44. The van der Waals surface area contributed by atoms with Crippen molar-refractivity contribution in [1.82, 2.24) is 4.31 Å². The number of unbranched alkanes of at least 4 members (excludes halogenated alkanes) is 1. The Bertz CT molecular complexity index is 768. The average molecular weight is 378 g/mol. The zero-order valence-corrected chi connectivity index (χ0v) is 15.9. The molecule has 2 fully saturated rings. The van der Waals surface area contributed by atoms with E-state index >= 15 is 0 Å². The maximum atomic E-state index is 13.1. The van der Waals surface area contributed by atoms with E-state index in [0.29, 0.717) is 37.7 Å². The fourth-order valence-electron chi connectivity index (χ4n) is 3.62. The van der Waals surface area contributed by atoms with Gasteiger partial charge in [-0.15, -0.1) is 0 Å². The molecule has 1 amide bonds. The summed E-state index contributed by atoms with van der Waals surface area (Å²) in [4.78, 5) is 17.5. The van der Waals surface area contributed by atoms with Crippen molar-refractivity contribution in [3.8, 4) is 0 Å². The highest BCUT2D eigenvalue weighted by molar-refractivity contribution is 7.91. The lowest BCUT2D eigenvalue weighted by atomic mass is 9.93. The molecular formula is C19H26N2O4S. The summed E-state index contributed by atoms with van der Waals surface area (Å²) in [5, 5.41) is 8.64. The van der Waals surface area contributed by atoms with Crippen LogP contribution in [0.5, 0.6) is 0 Å². The van der Waals surface area contributed by atoms with Crippen LogP contribution in [0.4, 0.5) is 0 Å². The number of aliphatic hydroxyl groups is 1. The quantitative estimate of drug-likeness (QED) is 0.852. The van der Waals surface area contributed by atoms with Gasteiger partial charge in [-0.25, -0.2) is 12.7 Å². The second-order valence-electron chi connectivity index (χ2n) is 7.04. The highest BCUT2D eigenvalue weighted by Gasteiger charge is 2.50. The van der Waals surface area contributed by atoms with Gasteiger partial charge in [0.25, 0.3) is 15.9 Å². The second-order valence-corrected chi connectivity index (χ2v) is 8.99. The Labute approximate surface area is 155 Å². The summed E-state index contributed by atoms with van der Waals surface area (Å²) in [5.41, 5.74) is 0.711. The van der Waals surface area contributed by atoms with E-state index in [1.807, 2.05) is 13.0 Å². The molecule has 1 aromatic carbocycles. The summed E-state index contributed by atoms with van der Waals surface area (Å²) < 4.78 is 27.2. The van der Waals surface area contributed by atoms with Crippen LogP contribution in [0.3, 0.4) is 0 Å². The molecule has 0 radical (unpaired) electrons. The van der Waals surface area contributed by atoms with E-state index in [1.165, 1.54) is 0 Å². The minimum absolute atomic E-state index is 0.107. The number of sulfonamides is 1. The van der Waals surface area contributed by atoms with Crippen molar-refractivity contribution in [2.45, 2.75) is 62.8 Å². The Kier molecular flexibility index (Phi) is 5.77. The Morgan fingerprint density at radius 1 is 1.15 bits per heavy atom. The Morgan fingerprint density at radius 3 is 2.42 bits per heavy atom. The van der Waals surface area contributed by atoms with Crippen LogP contribution in [0.1, 0.15) is 56.3 Å². The SMILES string of the molecule is CCCCN1C(=O)C(=NC2CCC(O)CC2)C(c2ccccc2)S1(=O)=O. The van der Waals surface area contributed by atoms with Gasteiger partial charge in [-0.05, 0) is 37.7 Å². The van der Waals surface area contributed by atoms with Gasteiger partial charge in [-0.3, -0.25) is 9.79 Å². The van der Waals surface area contributed by atoms with Crippen molar-refractivity contribution < 1.29 is 18.3 Å². The van der Waals surface area contributed by atoms with E-state index in [2.05, 4.69) is 4.99 Å². The monoisotopic (exact) mass is 378 g/mol. The van der Waals surface area contributed by atoms with Gasteiger partial charge in [-0.1, -0.05) is 43.7 Å². The number of benzene rings is 1. The lowest BCUT2D eigenvalue weighted by Crippen LogP contribution is -2.32. The molecule has 2 aliphatic rings. The van der Waals surface area contributed by atoms with Crippen LogP contribution in [0.25, 0.3) is 0 Å². The van der Waals surface area contributed by atoms with Crippen LogP contribution in [0, 0.1) is 0 Å². The van der Waals surface area contributed by atoms with E-state index in [-0.39, 0.29) is 24.4 Å². The summed E-state index contributed by atoms with van der Waals surface area (Å²) in [6.07, 6.45) is 3.75. The molecule has 7 heteroatoms. The van der Waals surface area contributed by atoms with Crippen LogP contribution in [-0.4, -0.2) is 48.1 Å². The van der Waals surface area contributed by atoms with Crippen molar-refractivity contribution in [3.63, 3.8) is 0 Å². The first-order chi connectivity index (χ1) is 12.4. The zero-order chi connectivity index (χ0) is 18.7. The summed E-state index contributed by atoms with van der Waals surface area (Å²) in [5.74, 6) is -0.488. The Hall–Kier alpha value is -1.73. The number of carbonyl (C=O) groups is 1. The van der Waals surface area contributed by atoms with E-state index in [4.69, 9.17) is 0 Å². The van der Waals surface area contributed by atoms with E-state index in [0.717, 1.165) is 10.7 Å². The number of carbonyl (C=O) groups excluding carboxylic acids is 1. The van der Waals surface area contributed by atoms with Gasteiger partial charge < -0.3 is 5.11 Å². The number of hydrogen-bond donors (Lipinski definition) is 1. The minimum Gasteiger partial charge on any atom is -0.393 e. The molecule has 142 valence electrons. The van der Waals surface area contributed by atoms with E-state index in [1.54, 1.807) is 24.3 Å². The molecule has 1 unspecified atom stereocenters. The molecule has 0 aromatic heterocycles. The summed E-state index contributed by atoms with van der Waals surface area (Å²) in [6, 6.07) is 8.74. The molecule has 1 saturated heterocycles. The third-order valence-electron chi connectivity index (χ3n) is 5.10. The number of aliphatic imine (C=N–C) groups is 1. The van der Waals surface area contributed by atoms with E-state index in [9.17, 15) is 18.3 Å². The molecule has 1 aromatic rings. The minimum atomic E-state index is -3.81. The average Bonchev–Trinajstić information content (AvgIpc) is 2.81. The highest BCUT2D eigenvalue weighted by atomic mass is 32.2. The number of hydrogen-bond acceptors (Lipinski definition) is 5. The van der Waals surface area contributed by atoms with Crippen LogP contribution in [-0.2, 0) is 14.8 Å². The maximum absolute atomic E-state index is 13.1. The first-order valence-corrected chi connectivity index (χ1v) is 10.8. The number of nitrogens with zero attached hydrogens (tertiary/aromatic N) is 2. The number of amides is 1. The van der Waals surface area contributed by atoms with Crippen LogP contribution < -0.4 is 0 Å². The smallest absolute Gasteiger partial charge is 0.283 e. The molecule has 1 heterocycles. The summed E-state index contributed by atoms with van der Waals surface area (Å²) in [6.45, 7) is 2.16. The summed E-state index contributed by atoms with van der Waals surface area (Å²) >= 11 is 0. The first-order valence-electron chi connectivity index (χ1n) is 9.31. The van der Waals surface area contributed by atoms with Gasteiger partial charge >= 0.3 is 0 Å². The molecular weight excluding hydrogens is 352 g/mol. The molecule has 1 atom stereocenters. The molecule has 6 nitrogen and oxygen atoms in total. The highest BCUT2D eigenvalue weighted by Crippen LogP contribution is 2.36. The van der Waals surface area contributed by atoms with Gasteiger partial charge in [0.1, 0.15) is 5.71 Å². The number of rotatable bonds is 5. The number of aliphatic hydroxyl groups excluding tert-OH is 1. The normalized spacial score (nSPS) is 30.1. The van der Waals surface area contributed by atoms with Crippen molar-refractivity contribution in [2.24, 2.45) is 4.99 Å². The maximum Gasteiger partial charge on any atom is 0.283 e. The second kappa shape index (κ2) is 7.88. The first kappa shape index (κ1) is 19.0. The fraction of sp³-hybridized carbons (Fsp3) is 0.579. The summed E-state index contributed by atoms with van der Waals surface area (Å²) in [7, 11) is -3.81. The van der Waals surface area contributed by atoms with Crippen LogP contribution in [0.2, 0.25) is 0 Å². The molecule has 1 saturated carbocycles. The topological polar surface area (TPSA) is 87.0 Å². The Balaban J connectivity index is 1.99. The molecule has 1 aliphatic heterocycles. The van der Waals surface area contributed by atoms with Crippen molar-refractivity contribution >= 4 is 21.6 Å². The zero-order valence-electron chi connectivity index (χ0n) is 15.0. The molecule has 0 spiro atoms. The molecule has 3 rings (SSSR count). The standard InChI is InChI=1S/C19H26N2O4S/c1-2-3-13-21-19(23)17(20-15-9-11-16(22)12-10-15)18(26(21,24)25)14-7-5-4-6-8-14/h4-8,15-16,18,22H,2-3,9-13H2,1H3. The lowest BCUT2D eigenvalue weighted by molar-refractivity contribution is -0.119. The molecule has 1 N–H and O–H groups in total. The van der Waals surface area contributed by atoms with Gasteiger partial charge in [0.05, 0.1) is 12.1 Å². The van der Waals surface area contributed by atoms with Crippen LogP contribution in [0.15, 0.2) is 35.3 Å². The third-order valence-corrected chi connectivity index (χ3v) is 7.16. The molecule has 26 heavy (non-hydrogen) atoms. The fourth-order valence-corrected chi connectivity index (χ4v) is 5.53. The molecule has 1 aliphatic carbocycles. The predicted molar refractivity (Wildman–Crippen MR) is 100 cm³/mol. The van der Waals surface area contributed by atoms with Crippen LogP contribution >= 0.6 is 0 Å². The van der Waals surface area contributed by atoms with Gasteiger partial charge in [-0.2, -0.15) is 0 Å². The third kappa shape index (κ3) is 3.69. The van der Waals surface area contributed by atoms with Crippen molar-refractivity contribution in [1.29, 1.82) is 0 Å². The van der Waals surface area contributed by atoms with Crippen molar-refractivity contribution in [3.05, 3.63) is 35.9 Å². The van der Waals surface area contributed by atoms with Crippen molar-refractivity contribution in [2.75, 3.05) is 6.54 Å². The Morgan fingerprint density at radius 2 is 1.81 bits per heavy atom. The van der Waals surface area contributed by atoms with Gasteiger partial charge in [0.2, 0.25) is 0 Å². The largest absolute Gasteiger partial charge is 0.393 e. The van der Waals surface area contributed by atoms with Gasteiger partial charge in [0, 0.05) is 6.54 Å². The van der Waals surface area contributed by atoms with E-state index < -0.39 is 21.2 Å². The molecule has 0 bridgehead atoms. The van der Waals surface area contributed by atoms with Gasteiger partial charge in [0.15, 0.2) is 5.25 Å².